The van der Waals surface area contributed by atoms with Crippen LogP contribution in [0, 0.1) is 17.5 Å². The third-order valence-electron chi connectivity index (χ3n) is 4.41. The highest BCUT2D eigenvalue weighted by Gasteiger charge is 2.21. The minimum absolute atomic E-state index is 0.0177. The zero-order valence-electron chi connectivity index (χ0n) is 17.5. The Hall–Kier alpha value is -3.66. The van der Waals surface area contributed by atoms with Gasteiger partial charge in [0.1, 0.15) is 11.6 Å². The normalized spacial score (nSPS) is 11.7. The topological polar surface area (TPSA) is 79.4 Å². The Morgan fingerprint density at radius 3 is 2.59 bits per heavy atom. The van der Waals surface area contributed by atoms with E-state index < -0.39 is 23.5 Å². The maximum Gasteiger partial charge on any atom is 0.327 e. The number of carbonyl (C=O) groups excluding carboxylic acids is 1. The predicted molar refractivity (Wildman–Crippen MR) is 114 cm³/mol. The molecule has 1 heterocycles. The summed E-state index contributed by atoms with van der Waals surface area (Å²) in [7, 11) is 1.57. The average molecular weight is 445 g/mol. The standard InChI is InChI=1S/C22H22F3N5O2/c1-14(13-32-2)28-21-26-11-10-19(29-21)30(17-8-6-16(23)7-9-17)22(31)27-12-15-4-3-5-18(24)20(15)25/h3-11,14H,12-13H2,1-2H3,(H,27,31)(H,26,28,29). The second-order valence-corrected chi connectivity index (χ2v) is 6.92. The fourth-order valence-electron chi connectivity index (χ4n) is 2.93. The first-order valence-corrected chi connectivity index (χ1v) is 9.74. The van der Waals surface area contributed by atoms with E-state index in [9.17, 15) is 18.0 Å². The second kappa shape index (κ2) is 10.6. The monoisotopic (exact) mass is 445 g/mol. The zero-order valence-corrected chi connectivity index (χ0v) is 17.5. The minimum Gasteiger partial charge on any atom is -0.383 e. The van der Waals surface area contributed by atoms with Crippen molar-refractivity contribution in [3.05, 3.63) is 77.7 Å². The summed E-state index contributed by atoms with van der Waals surface area (Å²) < 4.78 is 45.9. The number of halogens is 3. The van der Waals surface area contributed by atoms with Gasteiger partial charge in [0.25, 0.3) is 0 Å². The van der Waals surface area contributed by atoms with Crippen molar-refractivity contribution in [2.45, 2.75) is 19.5 Å². The molecule has 0 saturated heterocycles. The van der Waals surface area contributed by atoms with Gasteiger partial charge in [-0.15, -0.1) is 0 Å². The van der Waals surface area contributed by atoms with Crippen LogP contribution in [0.5, 0.6) is 0 Å². The van der Waals surface area contributed by atoms with Crippen LogP contribution in [0.3, 0.4) is 0 Å². The number of urea groups is 1. The highest BCUT2D eigenvalue weighted by Crippen LogP contribution is 2.25. The highest BCUT2D eigenvalue weighted by atomic mass is 19.2. The summed E-state index contributed by atoms with van der Waals surface area (Å²) in [6, 6.07) is 9.64. The smallest absolute Gasteiger partial charge is 0.327 e. The first kappa shape index (κ1) is 23.0. The average Bonchev–Trinajstić information content (AvgIpc) is 2.77. The van der Waals surface area contributed by atoms with E-state index in [-0.39, 0.29) is 29.9 Å². The highest BCUT2D eigenvalue weighted by molar-refractivity contribution is 5.98. The number of ether oxygens (including phenoxy) is 1. The van der Waals surface area contributed by atoms with Crippen molar-refractivity contribution in [3.63, 3.8) is 0 Å². The van der Waals surface area contributed by atoms with Gasteiger partial charge in [0.2, 0.25) is 5.95 Å². The van der Waals surface area contributed by atoms with Gasteiger partial charge in [-0.1, -0.05) is 12.1 Å². The molecule has 0 aliphatic heterocycles. The number of carbonyl (C=O) groups is 1. The van der Waals surface area contributed by atoms with Crippen molar-refractivity contribution >= 4 is 23.5 Å². The Balaban J connectivity index is 1.88. The lowest BCUT2D eigenvalue weighted by Crippen LogP contribution is -2.37. The molecule has 2 aromatic carbocycles. The number of aromatic nitrogens is 2. The van der Waals surface area contributed by atoms with Gasteiger partial charge >= 0.3 is 6.03 Å². The van der Waals surface area contributed by atoms with E-state index in [0.29, 0.717) is 12.3 Å². The van der Waals surface area contributed by atoms with E-state index in [4.69, 9.17) is 4.74 Å². The molecule has 0 fully saturated rings. The number of nitrogens with one attached hydrogen (secondary N) is 2. The maximum absolute atomic E-state index is 14.0. The molecule has 1 atom stereocenters. The molecule has 0 aliphatic carbocycles. The molecule has 1 aromatic heterocycles. The molecule has 2 N–H and O–H groups in total. The third kappa shape index (κ3) is 5.73. The van der Waals surface area contributed by atoms with E-state index in [1.807, 2.05) is 6.92 Å². The van der Waals surface area contributed by atoms with Gasteiger partial charge in [-0.25, -0.2) is 27.8 Å². The number of anilines is 3. The van der Waals surface area contributed by atoms with E-state index >= 15 is 0 Å². The van der Waals surface area contributed by atoms with Crippen LogP contribution in [0.4, 0.5) is 35.4 Å². The van der Waals surface area contributed by atoms with Crippen LogP contribution in [0.2, 0.25) is 0 Å². The molecule has 3 aromatic rings. The van der Waals surface area contributed by atoms with E-state index in [1.54, 1.807) is 7.11 Å². The van der Waals surface area contributed by atoms with Crippen molar-refractivity contribution < 1.29 is 22.7 Å². The van der Waals surface area contributed by atoms with Crippen LogP contribution in [0.15, 0.2) is 54.7 Å². The molecule has 0 spiro atoms. The van der Waals surface area contributed by atoms with Crippen LogP contribution in [0.1, 0.15) is 12.5 Å². The Morgan fingerprint density at radius 2 is 1.88 bits per heavy atom. The molecule has 0 aliphatic rings. The van der Waals surface area contributed by atoms with Gasteiger partial charge in [0.05, 0.1) is 12.3 Å². The fourth-order valence-corrected chi connectivity index (χ4v) is 2.93. The SMILES string of the molecule is COCC(C)Nc1nccc(N(C(=O)NCc2cccc(F)c2F)c2ccc(F)cc2)n1. The third-order valence-corrected chi connectivity index (χ3v) is 4.41. The fraction of sp³-hybridized carbons (Fsp3) is 0.227. The largest absolute Gasteiger partial charge is 0.383 e. The van der Waals surface area contributed by atoms with Crippen LogP contribution in [-0.2, 0) is 11.3 Å². The Kier molecular flexibility index (Phi) is 7.61. The second-order valence-electron chi connectivity index (χ2n) is 6.92. The van der Waals surface area contributed by atoms with Crippen LogP contribution in [0.25, 0.3) is 0 Å². The zero-order chi connectivity index (χ0) is 23.1. The van der Waals surface area contributed by atoms with Gasteiger partial charge in [0, 0.05) is 37.5 Å². The molecule has 0 bridgehead atoms. The van der Waals surface area contributed by atoms with Gasteiger partial charge in [-0.2, -0.15) is 4.98 Å². The van der Waals surface area contributed by atoms with Crippen molar-refractivity contribution in [2.75, 3.05) is 23.9 Å². The Labute approximate surface area is 183 Å². The molecule has 2 amide bonds. The van der Waals surface area contributed by atoms with Crippen molar-refractivity contribution in [2.24, 2.45) is 0 Å². The van der Waals surface area contributed by atoms with E-state index in [0.717, 1.165) is 6.07 Å². The van der Waals surface area contributed by atoms with Crippen LogP contribution >= 0.6 is 0 Å². The number of amides is 2. The number of nitrogens with zero attached hydrogens (tertiary/aromatic N) is 3. The molecule has 10 heteroatoms. The van der Waals surface area contributed by atoms with Crippen molar-refractivity contribution in [3.8, 4) is 0 Å². The van der Waals surface area contributed by atoms with Crippen LogP contribution in [-0.4, -0.2) is 35.8 Å². The number of hydrogen-bond acceptors (Lipinski definition) is 5. The lowest BCUT2D eigenvalue weighted by molar-refractivity contribution is 0.190. The molecule has 0 saturated carbocycles. The summed E-state index contributed by atoms with van der Waals surface area (Å²) in [5.41, 5.74) is 0.300. The molecule has 0 radical (unpaired) electrons. The van der Waals surface area contributed by atoms with E-state index in [1.165, 1.54) is 53.6 Å². The maximum atomic E-state index is 14.0. The summed E-state index contributed by atoms with van der Waals surface area (Å²) in [6.07, 6.45) is 1.46. The van der Waals surface area contributed by atoms with Gasteiger partial charge in [-0.05, 0) is 37.3 Å². The summed E-state index contributed by atoms with van der Waals surface area (Å²) in [5, 5.41) is 5.60. The summed E-state index contributed by atoms with van der Waals surface area (Å²) >= 11 is 0. The minimum atomic E-state index is -1.04. The lowest BCUT2D eigenvalue weighted by Gasteiger charge is -2.23. The van der Waals surface area contributed by atoms with Gasteiger partial charge in [0.15, 0.2) is 11.6 Å². The number of methoxy groups -OCH3 is 1. The summed E-state index contributed by atoms with van der Waals surface area (Å²) in [5.74, 6) is -2.08. The molecule has 32 heavy (non-hydrogen) atoms. The Bertz CT molecular complexity index is 1070. The Morgan fingerprint density at radius 1 is 1.12 bits per heavy atom. The van der Waals surface area contributed by atoms with Crippen LogP contribution < -0.4 is 15.5 Å². The van der Waals surface area contributed by atoms with Crippen molar-refractivity contribution in [1.82, 2.24) is 15.3 Å². The summed E-state index contributed by atoms with van der Waals surface area (Å²) in [6.45, 7) is 2.02. The number of rotatable bonds is 8. The molecule has 7 nitrogen and oxygen atoms in total. The molecular formula is C22H22F3N5O2. The number of benzene rings is 2. The quantitative estimate of drug-likeness (QED) is 0.538. The van der Waals surface area contributed by atoms with Gasteiger partial charge < -0.3 is 15.4 Å². The molecule has 1 unspecified atom stereocenters. The number of hydrogen-bond donors (Lipinski definition) is 2. The predicted octanol–water partition coefficient (Wildman–Crippen LogP) is 4.39. The van der Waals surface area contributed by atoms with Gasteiger partial charge in [-0.3, -0.25) is 0 Å². The molecular weight excluding hydrogens is 423 g/mol. The first-order valence-electron chi connectivity index (χ1n) is 9.74. The molecule has 3 rings (SSSR count). The van der Waals surface area contributed by atoms with Crippen molar-refractivity contribution in [1.29, 1.82) is 0 Å². The van der Waals surface area contributed by atoms with E-state index in [2.05, 4.69) is 20.6 Å². The first-order chi connectivity index (χ1) is 15.4. The molecule has 168 valence electrons. The summed E-state index contributed by atoms with van der Waals surface area (Å²) in [4.78, 5) is 22.7. The lowest BCUT2D eigenvalue weighted by atomic mass is 10.2.